The van der Waals surface area contributed by atoms with Crippen molar-refractivity contribution in [1.29, 1.82) is 0 Å². The first-order valence-electron chi connectivity index (χ1n) is 6.64. The summed E-state index contributed by atoms with van der Waals surface area (Å²) in [4.78, 5) is 31.0. The number of nitrogens with zero attached hydrogens (tertiary/aromatic N) is 2. The number of aliphatic carboxylic acids is 1. The fraction of sp³-hybridized carbons (Fsp3) is 0.125. The molecule has 2 aromatic rings. The number of aromatic nitrogens is 1. The molecular formula is C16H12N2O4. The minimum Gasteiger partial charge on any atom is -0.480 e. The standard InChI is InChI=1S/C16H12N2O4/c19-14(12-2-1-7-17-8-12)10-3-5-11(6-4-10)15-18-13(9-22-15)16(20)21/h1-8,13H,9H2,(H,20,21). The van der Waals surface area contributed by atoms with Crippen LogP contribution in [0, 0.1) is 0 Å². The number of pyridine rings is 1. The molecule has 3 rings (SSSR count). The first-order valence-corrected chi connectivity index (χ1v) is 6.64. The normalized spacial score (nSPS) is 16.7. The first-order chi connectivity index (χ1) is 10.6. The van der Waals surface area contributed by atoms with E-state index in [1.165, 1.54) is 6.20 Å². The number of benzene rings is 1. The van der Waals surface area contributed by atoms with Gasteiger partial charge in [-0.15, -0.1) is 0 Å². The van der Waals surface area contributed by atoms with Gasteiger partial charge in [-0.2, -0.15) is 0 Å². The molecule has 0 bridgehead atoms. The van der Waals surface area contributed by atoms with E-state index in [1.54, 1.807) is 42.6 Å². The van der Waals surface area contributed by atoms with Gasteiger partial charge < -0.3 is 9.84 Å². The van der Waals surface area contributed by atoms with Gasteiger partial charge in [-0.3, -0.25) is 9.78 Å². The van der Waals surface area contributed by atoms with Crippen molar-refractivity contribution in [2.45, 2.75) is 6.04 Å². The summed E-state index contributed by atoms with van der Waals surface area (Å²) in [6, 6.07) is 9.22. The average molecular weight is 296 g/mol. The van der Waals surface area contributed by atoms with Crippen LogP contribution in [-0.2, 0) is 9.53 Å². The third-order valence-electron chi connectivity index (χ3n) is 3.25. The molecule has 0 saturated carbocycles. The zero-order valence-corrected chi connectivity index (χ0v) is 11.5. The average Bonchev–Trinajstić information content (AvgIpc) is 3.05. The summed E-state index contributed by atoms with van der Waals surface area (Å²) < 4.78 is 5.27. The Morgan fingerprint density at radius 3 is 2.50 bits per heavy atom. The maximum atomic E-state index is 12.2. The maximum absolute atomic E-state index is 12.2. The highest BCUT2D eigenvalue weighted by Gasteiger charge is 2.26. The van der Waals surface area contributed by atoms with Gasteiger partial charge in [-0.1, -0.05) is 12.1 Å². The molecule has 0 saturated heterocycles. The molecule has 2 heterocycles. The lowest BCUT2D eigenvalue weighted by atomic mass is 10.0. The lowest BCUT2D eigenvalue weighted by molar-refractivity contribution is -0.138. The molecule has 0 fully saturated rings. The highest BCUT2D eigenvalue weighted by molar-refractivity contribution is 6.09. The van der Waals surface area contributed by atoms with E-state index in [0.717, 1.165) is 0 Å². The minimum atomic E-state index is -1.02. The number of hydrogen-bond acceptors (Lipinski definition) is 5. The van der Waals surface area contributed by atoms with Crippen molar-refractivity contribution < 1.29 is 19.4 Å². The number of ether oxygens (including phenoxy) is 1. The highest BCUT2D eigenvalue weighted by atomic mass is 16.5. The number of carboxylic acids is 1. The van der Waals surface area contributed by atoms with E-state index in [2.05, 4.69) is 9.98 Å². The van der Waals surface area contributed by atoms with Crippen LogP contribution in [0.2, 0.25) is 0 Å². The smallest absolute Gasteiger partial charge is 0.332 e. The van der Waals surface area contributed by atoms with Crippen molar-refractivity contribution in [3.8, 4) is 0 Å². The number of ketones is 1. The molecule has 22 heavy (non-hydrogen) atoms. The molecule has 1 atom stereocenters. The van der Waals surface area contributed by atoms with Crippen LogP contribution in [0.5, 0.6) is 0 Å². The molecule has 0 radical (unpaired) electrons. The van der Waals surface area contributed by atoms with E-state index in [-0.39, 0.29) is 18.3 Å². The molecule has 1 aromatic heterocycles. The molecular weight excluding hydrogens is 284 g/mol. The summed E-state index contributed by atoms with van der Waals surface area (Å²) >= 11 is 0. The van der Waals surface area contributed by atoms with Gasteiger partial charge >= 0.3 is 5.97 Å². The van der Waals surface area contributed by atoms with Gasteiger partial charge in [0.1, 0.15) is 6.61 Å². The van der Waals surface area contributed by atoms with Crippen molar-refractivity contribution >= 4 is 17.7 Å². The molecule has 0 spiro atoms. The molecule has 0 aliphatic carbocycles. The zero-order chi connectivity index (χ0) is 15.5. The largest absolute Gasteiger partial charge is 0.480 e. The van der Waals surface area contributed by atoms with Crippen LogP contribution in [-0.4, -0.2) is 40.4 Å². The van der Waals surface area contributed by atoms with Crippen molar-refractivity contribution in [3.05, 3.63) is 65.5 Å². The van der Waals surface area contributed by atoms with E-state index in [9.17, 15) is 9.59 Å². The Labute approximate surface area is 126 Å². The van der Waals surface area contributed by atoms with Crippen molar-refractivity contribution in [2.24, 2.45) is 4.99 Å². The molecule has 6 nitrogen and oxygen atoms in total. The Morgan fingerprint density at radius 2 is 1.91 bits per heavy atom. The number of rotatable bonds is 4. The third kappa shape index (κ3) is 2.71. The topological polar surface area (TPSA) is 88.9 Å². The Morgan fingerprint density at radius 1 is 1.14 bits per heavy atom. The van der Waals surface area contributed by atoms with Crippen molar-refractivity contribution in [3.63, 3.8) is 0 Å². The Balaban J connectivity index is 1.81. The highest BCUT2D eigenvalue weighted by Crippen LogP contribution is 2.15. The van der Waals surface area contributed by atoms with E-state index in [0.29, 0.717) is 16.7 Å². The minimum absolute atomic E-state index is 0.0288. The molecule has 1 N–H and O–H groups in total. The van der Waals surface area contributed by atoms with Gasteiger partial charge in [0, 0.05) is 29.1 Å². The molecule has 1 unspecified atom stereocenters. The van der Waals surface area contributed by atoms with Crippen LogP contribution >= 0.6 is 0 Å². The lowest BCUT2D eigenvalue weighted by Gasteiger charge is -2.03. The fourth-order valence-corrected chi connectivity index (χ4v) is 2.09. The van der Waals surface area contributed by atoms with Gasteiger partial charge in [0.2, 0.25) is 5.90 Å². The zero-order valence-electron chi connectivity index (χ0n) is 11.5. The van der Waals surface area contributed by atoms with Crippen LogP contribution in [0.3, 0.4) is 0 Å². The third-order valence-corrected chi connectivity index (χ3v) is 3.25. The van der Waals surface area contributed by atoms with Crippen LogP contribution in [0.4, 0.5) is 0 Å². The summed E-state index contributed by atoms with van der Waals surface area (Å²) in [6.07, 6.45) is 3.12. The van der Waals surface area contributed by atoms with E-state index in [1.807, 2.05) is 0 Å². The second-order valence-electron chi connectivity index (χ2n) is 4.75. The van der Waals surface area contributed by atoms with Gasteiger partial charge in [0.05, 0.1) is 0 Å². The molecule has 1 aliphatic rings. The van der Waals surface area contributed by atoms with Crippen molar-refractivity contribution in [2.75, 3.05) is 6.61 Å². The summed E-state index contributed by atoms with van der Waals surface area (Å²) in [5, 5.41) is 8.88. The molecule has 0 amide bonds. The van der Waals surface area contributed by atoms with E-state index < -0.39 is 12.0 Å². The van der Waals surface area contributed by atoms with Gasteiger partial charge in [0.25, 0.3) is 0 Å². The van der Waals surface area contributed by atoms with Gasteiger partial charge in [-0.05, 0) is 24.3 Å². The second kappa shape index (κ2) is 5.77. The van der Waals surface area contributed by atoms with Gasteiger partial charge in [-0.25, -0.2) is 9.79 Å². The molecule has 1 aromatic carbocycles. The maximum Gasteiger partial charge on any atom is 0.332 e. The summed E-state index contributed by atoms with van der Waals surface area (Å²) in [6.45, 7) is 0.0288. The van der Waals surface area contributed by atoms with Gasteiger partial charge in [0.15, 0.2) is 11.8 Å². The number of hydrogen-bond donors (Lipinski definition) is 1. The van der Waals surface area contributed by atoms with Crippen molar-refractivity contribution in [1.82, 2.24) is 4.98 Å². The second-order valence-corrected chi connectivity index (χ2v) is 4.75. The molecule has 110 valence electrons. The molecule has 6 heteroatoms. The lowest BCUT2D eigenvalue weighted by Crippen LogP contribution is -2.18. The predicted molar refractivity (Wildman–Crippen MR) is 78.0 cm³/mol. The number of carbonyl (C=O) groups is 2. The summed E-state index contributed by atoms with van der Waals surface area (Å²) in [5.74, 6) is -0.858. The van der Waals surface area contributed by atoms with E-state index in [4.69, 9.17) is 9.84 Å². The van der Waals surface area contributed by atoms with Crippen LogP contribution in [0.15, 0.2) is 53.8 Å². The summed E-state index contributed by atoms with van der Waals surface area (Å²) in [7, 11) is 0. The number of aliphatic imine (C=N–C) groups is 1. The SMILES string of the molecule is O=C(c1ccc(C2=NC(C(=O)O)CO2)cc1)c1cccnc1. The Bertz CT molecular complexity index is 739. The number of carbonyl (C=O) groups excluding carboxylic acids is 1. The predicted octanol–water partition coefficient (Wildman–Crippen LogP) is 1.54. The fourth-order valence-electron chi connectivity index (χ4n) is 2.09. The van der Waals surface area contributed by atoms with E-state index >= 15 is 0 Å². The quantitative estimate of drug-likeness (QED) is 0.864. The van der Waals surface area contributed by atoms with Crippen LogP contribution in [0.1, 0.15) is 21.5 Å². The summed E-state index contributed by atoms with van der Waals surface area (Å²) in [5.41, 5.74) is 1.67. The van der Waals surface area contributed by atoms with Crippen LogP contribution in [0.25, 0.3) is 0 Å². The Hall–Kier alpha value is -3.02. The monoisotopic (exact) mass is 296 g/mol. The number of carboxylic acid groups (broad SMARTS) is 1. The Kier molecular flexibility index (Phi) is 3.65. The molecule has 1 aliphatic heterocycles. The first kappa shape index (κ1) is 13.9. The van der Waals surface area contributed by atoms with Crippen LogP contribution < -0.4 is 0 Å².